The minimum Gasteiger partial charge on any atom is -0.496 e. The van der Waals surface area contributed by atoms with Crippen LogP contribution in [0.5, 0.6) is 5.75 Å². The first-order valence-electron chi connectivity index (χ1n) is 6.24. The van der Waals surface area contributed by atoms with Crippen molar-refractivity contribution in [1.29, 1.82) is 0 Å². The number of rotatable bonds is 4. The number of benzene rings is 1. The normalized spacial score (nSPS) is 17.3. The third-order valence-corrected chi connectivity index (χ3v) is 5.54. The molecule has 1 aromatic rings. The summed E-state index contributed by atoms with van der Waals surface area (Å²) in [5.74, 6) is 0.511. The highest BCUT2D eigenvalue weighted by atomic mass is 32.2. The average Bonchev–Trinajstić information content (AvgIpc) is 2.41. The summed E-state index contributed by atoms with van der Waals surface area (Å²) >= 11 is 0. The first-order valence-corrected chi connectivity index (χ1v) is 7.96. The van der Waals surface area contributed by atoms with Crippen LogP contribution in [0.2, 0.25) is 0 Å². The van der Waals surface area contributed by atoms with Crippen molar-refractivity contribution in [1.82, 2.24) is 0 Å². The molecule has 0 saturated carbocycles. The number of nitrogens with two attached hydrogens (primary N) is 1. The Morgan fingerprint density at radius 2 is 2.05 bits per heavy atom. The Balaban J connectivity index is 2.19. The molecule has 0 aliphatic carbocycles. The van der Waals surface area contributed by atoms with Crippen molar-refractivity contribution in [2.24, 2.45) is 0 Å². The van der Waals surface area contributed by atoms with Gasteiger partial charge in [-0.25, -0.2) is 8.42 Å². The van der Waals surface area contributed by atoms with Crippen molar-refractivity contribution in [3.05, 3.63) is 23.8 Å². The standard InChI is InChI=1S/C13H19NO4S/c1-17-13-8-11(14)3-2-10(13)9-19(15,16)12-4-6-18-7-5-12/h2-3,8,12H,4-7,9,14H2,1H3. The second kappa shape index (κ2) is 5.79. The third-order valence-electron chi connectivity index (χ3n) is 3.34. The molecular formula is C13H19NO4S. The van der Waals surface area contributed by atoms with Crippen LogP contribution in [0.15, 0.2) is 18.2 Å². The van der Waals surface area contributed by atoms with Gasteiger partial charge in [0.1, 0.15) is 5.75 Å². The molecule has 0 amide bonds. The van der Waals surface area contributed by atoms with E-state index in [0.29, 0.717) is 43.1 Å². The summed E-state index contributed by atoms with van der Waals surface area (Å²) in [5, 5.41) is -0.316. The number of sulfone groups is 1. The number of anilines is 1. The highest BCUT2D eigenvalue weighted by molar-refractivity contribution is 7.91. The molecule has 19 heavy (non-hydrogen) atoms. The molecule has 1 heterocycles. The Morgan fingerprint density at radius 3 is 2.68 bits per heavy atom. The lowest BCUT2D eigenvalue weighted by Crippen LogP contribution is -2.30. The summed E-state index contributed by atoms with van der Waals surface area (Å²) in [5.41, 5.74) is 6.88. The number of nitrogen functional groups attached to an aromatic ring is 1. The minimum atomic E-state index is -3.18. The van der Waals surface area contributed by atoms with E-state index in [0.717, 1.165) is 0 Å². The second-order valence-corrected chi connectivity index (χ2v) is 6.97. The van der Waals surface area contributed by atoms with Crippen LogP contribution in [0.4, 0.5) is 5.69 Å². The maximum atomic E-state index is 12.4. The van der Waals surface area contributed by atoms with E-state index in [1.54, 1.807) is 18.2 Å². The van der Waals surface area contributed by atoms with E-state index in [9.17, 15) is 8.42 Å². The molecule has 106 valence electrons. The van der Waals surface area contributed by atoms with Crippen molar-refractivity contribution in [3.8, 4) is 5.75 Å². The highest BCUT2D eigenvalue weighted by Crippen LogP contribution is 2.27. The number of hydrogen-bond acceptors (Lipinski definition) is 5. The summed E-state index contributed by atoms with van der Waals surface area (Å²) in [6.07, 6.45) is 1.14. The van der Waals surface area contributed by atoms with Gasteiger partial charge in [-0.3, -0.25) is 0 Å². The lowest BCUT2D eigenvalue weighted by Gasteiger charge is -2.22. The van der Waals surface area contributed by atoms with Crippen LogP contribution < -0.4 is 10.5 Å². The maximum absolute atomic E-state index is 12.4. The molecular weight excluding hydrogens is 266 g/mol. The fourth-order valence-corrected chi connectivity index (χ4v) is 4.07. The van der Waals surface area contributed by atoms with Crippen molar-refractivity contribution in [2.75, 3.05) is 26.1 Å². The van der Waals surface area contributed by atoms with Crippen molar-refractivity contribution in [3.63, 3.8) is 0 Å². The number of ether oxygens (including phenoxy) is 2. The fraction of sp³-hybridized carbons (Fsp3) is 0.538. The van der Waals surface area contributed by atoms with Crippen molar-refractivity contribution < 1.29 is 17.9 Å². The molecule has 1 fully saturated rings. The predicted octanol–water partition coefficient (Wildman–Crippen LogP) is 1.37. The lowest BCUT2D eigenvalue weighted by atomic mass is 10.2. The van der Waals surface area contributed by atoms with E-state index in [-0.39, 0.29) is 11.0 Å². The zero-order chi connectivity index (χ0) is 13.9. The number of hydrogen-bond donors (Lipinski definition) is 1. The minimum absolute atomic E-state index is 0.0128. The van der Waals surface area contributed by atoms with Crippen LogP contribution in [0.3, 0.4) is 0 Å². The first kappa shape index (κ1) is 14.1. The molecule has 0 atom stereocenters. The van der Waals surface area contributed by atoms with Gasteiger partial charge in [0.2, 0.25) is 0 Å². The summed E-state index contributed by atoms with van der Waals surface area (Å²) in [7, 11) is -1.67. The monoisotopic (exact) mass is 285 g/mol. The highest BCUT2D eigenvalue weighted by Gasteiger charge is 2.28. The smallest absolute Gasteiger partial charge is 0.157 e. The molecule has 6 heteroatoms. The zero-order valence-electron chi connectivity index (χ0n) is 11.0. The van der Waals surface area contributed by atoms with Gasteiger partial charge in [-0.15, -0.1) is 0 Å². The lowest BCUT2D eigenvalue weighted by molar-refractivity contribution is 0.0983. The van der Waals surface area contributed by atoms with Crippen LogP contribution in [-0.4, -0.2) is 34.0 Å². The third kappa shape index (κ3) is 3.39. The quantitative estimate of drug-likeness (QED) is 0.845. The molecule has 0 bridgehead atoms. The Kier molecular flexibility index (Phi) is 4.31. The second-order valence-electron chi connectivity index (χ2n) is 4.69. The number of methoxy groups -OCH3 is 1. The van der Waals surface area contributed by atoms with E-state index >= 15 is 0 Å². The molecule has 1 saturated heterocycles. The Hall–Kier alpha value is -1.27. The van der Waals surface area contributed by atoms with Gasteiger partial charge in [0.25, 0.3) is 0 Å². The van der Waals surface area contributed by atoms with E-state index in [1.165, 1.54) is 7.11 Å². The summed E-state index contributed by atoms with van der Waals surface area (Å²) in [6, 6.07) is 5.05. The van der Waals surface area contributed by atoms with Crippen LogP contribution in [0.25, 0.3) is 0 Å². The molecule has 1 aromatic carbocycles. The van der Waals surface area contributed by atoms with Crippen molar-refractivity contribution in [2.45, 2.75) is 23.8 Å². The molecule has 0 radical (unpaired) electrons. The molecule has 0 aromatic heterocycles. The topological polar surface area (TPSA) is 78.6 Å². The Bertz CT molecular complexity index is 536. The van der Waals surface area contributed by atoms with Crippen molar-refractivity contribution >= 4 is 15.5 Å². The van der Waals surface area contributed by atoms with Gasteiger partial charge in [0.15, 0.2) is 9.84 Å². The van der Waals surface area contributed by atoms with Crippen LogP contribution >= 0.6 is 0 Å². The molecule has 0 spiro atoms. The predicted molar refractivity (Wildman–Crippen MR) is 73.9 cm³/mol. The molecule has 0 unspecified atom stereocenters. The Labute approximate surface area is 113 Å². The zero-order valence-corrected chi connectivity index (χ0v) is 11.8. The van der Waals surface area contributed by atoms with Gasteiger partial charge < -0.3 is 15.2 Å². The van der Waals surface area contributed by atoms with Crippen LogP contribution in [0, 0.1) is 0 Å². The summed E-state index contributed by atoms with van der Waals surface area (Å²) in [6.45, 7) is 1.03. The van der Waals surface area contributed by atoms with E-state index < -0.39 is 9.84 Å². The molecule has 5 nitrogen and oxygen atoms in total. The molecule has 2 N–H and O–H groups in total. The van der Waals surface area contributed by atoms with Gasteiger partial charge in [0, 0.05) is 30.5 Å². The van der Waals surface area contributed by atoms with E-state index in [4.69, 9.17) is 15.2 Å². The Morgan fingerprint density at radius 1 is 1.37 bits per heavy atom. The maximum Gasteiger partial charge on any atom is 0.157 e. The summed E-state index contributed by atoms with van der Waals surface area (Å²) < 4.78 is 35.1. The van der Waals surface area contributed by atoms with E-state index in [1.807, 2.05) is 0 Å². The SMILES string of the molecule is COc1cc(N)ccc1CS(=O)(=O)C1CCOCC1. The first-order chi connectivity index (χ1) is 9.03. The van der Waals surface area contributed by atoms with Crippen LogP contribution in [0.1, 0.15) is 18.4 Å². The molecule has 1 aliphatic rings. The van der Waals surface area contributed by atoms with Gasteiger partial charge in [-0.1, -0.05) is 6.07 Å². The van der Waals surface area contributed by atoms with Crippen LogP contribution in [-0.2, 0) is 20.3 Å². The van der Waals surface area contributed by atoms with Gasteiger partial charge in [-0.2, -0.15) is 0 Å². The van der Waals surface area contributed by atoms with Gasteiger partial charge in [-0.05, 0) is 18.9 Å². The fourth-order valence-electron chi connectivity index (χ4n) is 2.25. The molecule has 2 rings (SSSR count). The van der Waals surface area contributed by atoms with Gasteiger partial charge >= 0.3 is 0 Å². The average molecular weight is 285 g/mol. The largest absolute Gasteiger partial charge is 0.496 e. The van der Waals surface area contributed by atoms with Gasteiger partial charge in [0.05, 0.1) is 18.1 Å². The summed E-state index contributed by atoms with van der Waals surface area (Å²) in [4.78, 5) is 0. The van der Waals surface area contributed by atoms with E-state index in [2.05, 4.69) is 0 Å². The molecule has 1 aliphatic heterocycles.